The first-order valence-electron chi connectivity index (χ1n) is 1.40. The van der Waals surface area contributed by atoms with Gasteiger partial charge in [0.2, 0.25) is 0 Å². The van der Waals surface area contributed by atoms with Crippen molar-refractivity contribution >= 4 is 20.8 Å². The van der Waals surface area contributed by atoms with E-state index in [2.05, 4.69) is 0 Å². The Morgan fingerprint density at radius 1 is 0.667 bits per heavy atom. The van der Waals surface area contributed by atoms with Crippen molar-refractivity contribution in [3.05, 3.63) is 0 Å². The van der Waals surface area contributed by atoms with Gasteiger partial charge in [0.25, 0.3) is 0 Å². The molecule has 85 valence electrons. The summed E-state index contributed by atoms with van der Waals surface area (Å²) in [6.45, 7) is 0. The molecule has 0 rings (SSSR count). The van der Waals surface area contributed by atoms with E-state index in [0.29, 0.717) is 0 Å². The molecule has 0 aliphatic rings. The molecule has 0 heterocycles. The molecule has 0 spiro atoms. The van der Waals surface area contributed by atoms with E-state index in [1.54, 1.807) is 0 Å². The van der Waals surface area contributed by atoms with Crippen LogP contribution in [0, 0.1) is 0 Å². The van der Waals surface area contributed by atoms with E-state index in [9.17, 15) is 0 Å². The van der Waals surface area contributed by atoms with Crippen LogP contribution in [0.5, 0.6) is 0 Å². The topological polar surface area (TPSA) is 149 Å². The fraction of sp³-hybridized carbons (Fsp3) is 0. The van der Waals surface area contributed by atoms with Crippen molar-refractivity contribution in [3.63, 3.8) is 0 Å². The second-order valence-corrected chi connectivity index (χ2v) is 2.69. The van der Waals surface area contributed by atoms with Crippen molar-refractivity contribution in [1.29, 1.82) is 0 Å². The van der Waals surface area contributed by atoms with Gasteiger partial charge in [0.1, 0.15) is 0 Å². The molecule has 4 N–H and O–H groups in total. The van der Waals surface area contributed by atoms with Gasteiger partial charge in [0, 0.05) is 33.6 Å². The van der Waals surface area contributed by atoms with Crippen molar-refractivity contribution < 1.29 is 68.6 Å². The summed E-state index contributed by atoms with van der Waals surface area (Å²) in [6, 6.07) is 0. The van der Waals surface area contributed by atoms with Crippen LogP contribution in [0.2, 0.25) is 0 Å². The molecule has 1 radical (unpaired) electrons. The summed E-state index contributed by atoms with van der Waals surface area (Å²) in [4.78, 5) is 0. The SMILES string of the molecule is O=S(=O)(O)O.O=S(=O)(O)O.[Cu].[Ni]. The smallest absolute Gasteiger partial charge is 0.264 e. The van der Waals surface area contributed by atoms with Gasteiger partial charge in [0.15, 0.2) is 0 Å². The molecule has 0 aliphatic carbocycles. The molecule has 0 aliphatic heterocycles. The molecule has 0 aromatic carbocycles. The summed E-state index contributed by atoms with van der Waals surface area (Å²) in [7, 11) is -9.33. The minimum Gasteiger partial charge on any atom is -0.264 e. The quantitative estimate of drug-likeness (QED) is 0.318. The third-order valence-electron chi connectivity index (χ3n) is 0. The van der Waals surface area contributed by atoms with E-state index in [4.69, 9.17) is 35.0 Å². The molecule has 12 heteroatoms. The Morgan fingerprint density at radius 2 is 0.667 bits per heavy atom. The Labute approximate surface area is 89.3 Å². The fourth-order valence-electron chi connectivity index (χ4n) is 0. The summed E-state index contributed by atoms with van der Waals surface area (Å²) >= 11 is 0. The van der Waals surface area contributed by atoms with E-state index in [-0.39, 0.29) is 33.6 Å². The van der Waals surface area contributed by atoms with Crippen LogP contribution in [-0.2, 0) is 54.4 Å². The first-order chi connectivity index (χ1) is 4.00. The van der Waals surface area contributed by atoms with Gasteiger partial charge < -0.3 is 0 Å². The Bertz CT molecular complexity index is 213. The molecule has 0 aromatic heterocycles. The fourth-order valence-corrected chi connectivity index (χ4v) is 0. The predicted octanol–water partition coefficient (Wildman–Crippen LogP) is -1.31. The van der Waals surface area contributed by atoms with Crippen LogP contribution in [0.1, 0.15) is 0 Å². The maximum atomic E-state index is 8.74. The second-order valence-electron chi connectivity index (χ2n) is 0.896. The van der Waals surface area contributed by atoms with E-state index in [1.807, 2.05) is 0 Å². The number of rotatable bonds is 0. The second kappa shape index (κ2) is 8.36. The predicted molar refractivity (Wildman–Crippen MR) is 28.4 cm³/mol. The van der Waals surface area contributed by atoms with E-state index in [0.717, 1.165) is 0 Å². The van der Waals surface area contributed by atoms with E-state index < -0.39 is 20.8 Å². The minimum absolute atomic E-state index is 0. The Kier molecular flexibility index (Phi) is 16.0. The van der Waals surface area contributed by atoms with Gasteiger partial charge >= 0.3 is 20.8 Å². The van der Waals surface area contributed by atoms with Crippen LogP contribution in [0.15, 0.2) is 0 Å². The van der Waals surface area contributed by atoms with Gasteiger partial charge in [-0.2, -0.15) is 16.8 Å². The summed E-state index contributed by atoms with van der Waals surface area (Å²) in [6.07, 6.45) is 0. The van der Waals surface area contributed by atoms with Gasteiger partial charge in [-0.15, -0.1) is 0 Å². The van der Waals surface area contributed by atoms with Gasteiger partial charge in [0.05, 0.1) is 0 Å². The van der Waals surface area contributed by atoms with Crippen LogP contribution < -0.4 is 0 Å². The zero-order valence-corrected chi connectivity index (χ0v) is 8.42. The molecular weight excluding hydrogens is 314 g/mol. The molecule has 0 fully saturated rings. The van der Waals surface area contributed by atoms with Crippen molar-refractivity contribution in [3.8, 4) is 0 Å². The summed E-state index contributed by atoms with van der Waals surface area (Å²) in [5.41, 5.74) is 0. The van der Waals surface area contributed by atoms with Crippen LogP contribution in [0.25, 0.3) is 0 Å². The Balaban J connectivity index is -0.0000000457. The van der Waals surface area contributed by atoms with Crippen LogP contribution >= 0.6 is 0 Å². The minimum atomic E-state index is -4.67. The first-order valence-corrected chi connectivity index (χ1v) is 4.19. The maximum absolute atomic E-state index is 8.74. The molecule has 0 saturated heterocycles. The standard InChI is InChI=1S/Cu.Ni.2H2O4S/c;;2*1-5(2,3)4/h;;2*(H2,1,2,3,4). The Morgan fingerprint density at radius 3 is 0.667 bits per heavy atom. The zero-order chi connectivity index (χ0) is 9.00. The monoisotopic (exact) mass is 317 g/mol. The third-order valence-corrected chi connectivity index (χ3v) is 0. The van der Waals surface area contributed by atoms with Gasteiger partial charge in [-0.3, -0.25) is 18.2 Å². The average molecular weight is 318 g/mol. The van der Waals surface area contributed by atoms with Gasteiger partial charge in [-0.1, -0.05) is 0 Å². The molecule has 0 amide bonds. The molecular formula is H4CuNiO8S2. The number of hydrogen-bond donors (Lipinski definition) is 4. The maximum Gasteiger partial charge on any atom is 0.394 e. The first kappa shape index (κ1) is 23.0. The van der Waals surface area contributed by atoms with E-state index in [1.165, 1.54) is 0 Å². The average Bonchev–Trinajstić information content (AvgIpc) is 1.12. The molecule has 0 aromatic rings. The molecule has 0 bridgehead atoms. The summed E-state index contributed by atoms with van der Waals surface area (Å²) in [5.74, 6) is 0. The number of hydrogen-bond acceptors (Lipinski definition) is 4. The van der Waals surface area contributed by atoms with Gasteiger partial charge in [-0.05, 0) is 0 Å². The third kappa shape index (κ3) is 1800. The van der Waals surface area contributed by atoms with Crippen LogP contribution in [0.4, 0.5) is 0 Å². The van der Waals surface area contributed by atoms with E-state index >= 15 is 0 Å². The van der Waals surface area contributed by atoms with Gasteiger partial charge in [-0.25, -0.2) is 0 Å². The Hall–Kier alpha value is 0.753. The molecule has 8 nitrogen and oxygen atoms in total. The zero-order valence-electron chi connectivity index (χ0n) is 4.86. The molecule has 12 heavy (non-hydrogen) atoms. The van der Waals surface area contributed by atoms with Crippen molar-refractivity contribution in [2.75, 3.05) is 0 Å². The van der Waals surface area contributed by atoms with Crippen LogP contribution in [0.3, 0.4) is 0 Å². The van der Waals surface area contributed by atoms with Crippen molar-refractivity contribution in [2.24, 2.45) is 0 Å². The van der Waals surface area contributed by atoms with Crippen molar-refractivity contribution in [2.45, 2.75) is 0 Å². The largest absolute Gasteiger partial charge is 0.394 e. The summed E-state index contributed by atoms with van der Waals surface area (Å²) in [5, 5.41) is 0. The molecule has 0 saturated carbocycles. The van der Waals surface area contributed by atoms with Crippen LogP contribution in [-0.4, -0.2) is 35.0 Å². The normalized spacial score (nSPS) is 9.67. The molecule has 0 atom stereocenters. The van der Waals surface area contributed by atoms with Crippen molar-refractivity contribution in [1.82, 2.24) is 0 Å². The molecule has 0 unspecified atom stereocenters. The summed E-state index contributed by atoms with van der Waals surface area (Å²) < 4.78 is 63.2.